The summed E-state index contributed by atoms with van der Waals surface area (Å²) in [4.78, 5) is 6.99. The van der Waals surface area contributed by atoms with Crippen molar-refractivity contribution in [2.75, 3.05) is 14.2 Å². The normalized spacial score (nSPS) is 11.1. The van der Waals surface area contributed by atoms with Crippen LogP contribution in [0.4, 0.5) is 0 Å². The van der Waals surface area contributed by atoms with Gasteiger partial charge in [0.25, 0.3) is 0 Å². The highest BCUT2D eigenvalue weighted by molar-refractivity contribution is 14.0. The van der Waals surface area contributed by atoms with Crippen molar-refractivity contribution in [2.45, 2.75) is 33.5 Å². The molecule has 0 radical (unpaired) electrons. The summed E-state index contributed by atoms with van der Waals surface area (Å²) in [7, 11) is 5.69. The summed E-state index contributed by atoms with van der Waals surface area (Å²) in [6.07, 6.45) is 0. The first-order valence-electron chi connectivity index (χ1n) is 9.99. The van der Waals surface area contributed by atoms with E-state index in [-0.39, 0.29) is 24.0 Å². The van der Waals surface area contributed by atoms with Crippen LogP contribution in [-0.4, -0.2) is 39.8 Å². The van der Waals surface area contributed by atoms with Gasteiger partial charge in [0.2, 0.25) is 0 Å². The van der Waals surface area contributed by atoms with Gasteiger partial charge in [-0.3, -0.25) is 0 Å². The number of hydrogen-bond donors (Lipinski definition) is 1. The third kappa shape index (κ3) is 6.68. The number of aromatic nitrogens is 3. The van der Waals surface area contributed by atoms with Gasteiger partial charge in [-0.1, -0.05) is 36.4 Å². The lowest BCUT2D eigenvalue weighted by molar-refractivity contribution is 0.414. The number of aliphatic imine (C=N–C) groups is 1. The molecule has 0 fully saturated rings. The molecule has 1 heterocycles. The molecular formula is C23H31IN6O. The Bertz CT molecular complexity index is 1000. The van der Waals surface area contributed by atoms with Crippen LogP contribution in [0.5, 0.6) is 5.75 Å². The van der Waals surface area contributed by atoms with E-state index in [1.165, 1.54) is 11.1 Å². The van der Waals surface area contributed by atoms with Crippen LogP contribution in [0.15, 0.2) is 53.5 Å². The molecule has 0 bridgehead atoms. The highest BCUT2D eigenvalue weighted by atomic mass is 127. The van der Waals surface area contributed by atoms with E-state index in [9.17, 15) is 0 Å². The fraction of sp³-hybridized carbons (Fsp3) is 0.348. The number of rotatable bonds is 7. The van der Waals surface area contributed by atoms with E-state index in [2.05, 4.69) is 51.6 Å². The predicted octanol–water partition coefficient (Wildman–Crippen LogP) is 3.84. The number of nitrogens with one attached hydrogen (secondary N) is 1. The molecular weight excluding hydrogens is 503 g/mol. The van der Waals surface area contributed by atoms with E-state index < -0.39 is 0 Å². The lowest BCUT2D eigenvalue weighted by atomic mass is 10.1. The van der Waals surface area contributed by atoms with Gasteiger partial charge in [0, 0.05) is 20.6 Å². The maximum Gasteiger partial charge on any atom is 0.194 e. The maximum absolute atomic E-state index is 5.24. The zero-order valence-corrected chi connectivity index (χ0v) is 21.1. The van der Waals surface area contributed by atoms with E-state index in [1.54, 1.807) is 7.11 Å². The number of benzene rings is 2. The van der Waals surface area contributed by atoms with Gasteiger partial charge in [0.05, 0.1) is 20.2 Å². The smallest absolute Gasteiger partial charge is 0.194 e. The molecule has 7 nitrogen and oxygen atoms in total. The van der Waals surface area contributed by atoms with Crippen molar-refractivity contribution < 1.29 is 4.74 Å². The molecule has 0 spiro atoms. The summed E-state index contributed by atoms with van der Waals surface area (Å²) in [5.41, 5.74) is 3.66. The van der Waals surface area contributed by atoms with Crippen molar-refractivity contribution in [2.24, 2.45) is 12.0 Å². The Hall–Kier alpha value is -2.62. The molecule has 31 heavy (non-hydrogen) atoms. The molecule has 0 aliphatic heterocycles. The van der Waals surface area contributed by atoms with Crippen molar-refractivity contribution in [1.82, 2.24) is 25.0 Å². The highest BCUT2D eigenvalue weighted by Crippen LogP contribution is 2.13. The minimum absolute atomic E-state index is 0. The van der Waals surface area contributed by atoms with Crippen LogP contribution in [0, 0.1) is 13.8 Å². The van der Waals surface area contributed by atoms with Gasteiger partial charge in [-0.2, -0.15) is 0 Å². The van der Waals surface area contributed by atoms with E-state index in [0.29, 0.717) is 13.1 Å². The molecule has 3 aromatic rings. The summed E-state index contributed by atoms with van der Waals surface area (Å²) < 4.78 is 7.22. The first-order chi connectivity index (χ1) is 14.5. The molecule has 1 aromatic heterocycles. The molecule has 166 valence electrons. The van der Waals surface area contributed by atoms with Crippen LogP contribution >= 0.6 is 24.0 Å². The second-order valence-corrected chi connectivity index (χ2v) is 7.35. The van der Waals surface area contributed by atoms with Crippen molar-refractivity contribution in [3.05, 3.63) is 76.9 Å². The molecule has 8 heteroatoms. The minimum atomic E-state index is 0. The molecule has 0 saturated heterocycles. The fourth-order valence-electron chi connectivity index (χ4n) is 3.09. The summed E-state index contributed by atoms with van der Waals surface area (Å²) in [6.45, 7) is 5.96. The standard InChI is InChI=1S/C23H30N6O.HI/c1-17-8-6-7-9-20(17)16-28(3)23(25-15-22-27-26-18(2)29(22)4)24-14-19-10-12-21(30-5)13-11-19;/h6-13H,14-16H2,1-5H3,(H,24,25);1H. The Labute approximate surface area is 201 Å². The first kappa shape index (κ1) is 24.6. The van der Waals surface area contributed by atoms with E-state index in [1.807, 2.05) is 49.9 Å². The maximum atomic E-state index is 5.24. The molecule has 0 aliphatic rings. The number of aryl methyl sites for hydroxylation is 2. The van der Waals surface area contributed by atoms with Gasteiger partial charge in [-0.25, -0.2) is 4.99 Å². The second-order valence-electron chi connectivity index (χ2n) is 7.35. The lowest BCUT2D eigenvalue weighted by Gasteiger charge is -2.23. The van der Waals surface area contributed by atoms with E-state index >= 15 is 0 Å². The third-order valence-electron chi connectivity index (χ3n) is 5.19. The van der Waals surface area contributed by atoms with Gasteiger partial charge in [0.15, 0.2) is 11.8 Å². The monoisotopic (exact) mass is 534 g/mol. The van der Waals surface area contributed by atoms with Crippen molar-refractivity contribution in [1.29, 1.82) is 0 Å². The molecule has 0 atom stereocenters. The molecule has 0 unspecified atom stereocenters. The Morgan fingerprint density at radius 1 is 1.10 bits per heavy atom. The highest BCUT2D eigenvalue weighted by Gasteiger charge is 2.11. The van der Waals surface area contributed by atoms with Crippen LogP contribution in [0.25, 0.3) is 0 Å². The Kier molecular flexibility index (Phi) is 9.29. The first-order valence-corrected chi connectivity index (χ1v) is 9.99. The molecule has 3 rings (SSSR count). The van der Waals surface area contributed by atoms with Gasteiger partial charge in [-0.15, -0.1) is 34.2 Å². The Morgan fingerprint density at radius 3 is 2.42 bits per heavy atom. The van der Waals surface area contributed by atoms with Crippen LogP contribution < -0.4 is 10.1 Å². The number of methoxy groups -OCH3 is 1. The molecule has 1 N–H and O–H groups in total. The van der Waals surface area contributed by atoms with Gasteiger partial charge >= 0.3 is 0 Å². The fourth-order valence-corrected chi connectivity index (χ4v) is 3.09. The van der Waals surface area contributed by atoms with E-state index in [0.717, 1.165) is 35.5 Å². The zero-order valence-electron chi connectivity index (χ0n) is 18.8. The average Bonchev–Trinajstić information content (AvgIpc) is 3.08. The van der Waals surface area contributed by atoms with Crippen molar-refractivity contribution >= 4 is 29.9 Å². The lowest BCUT2D eigenvalue weighted by Crippen LogP contribution is -2.38. The van der Waals surface area contributed by atoms with Crippen molar-refractivity contribution in [3.63, 3.8) is 0 Å². The topological polar surface area (TPSA) is 67.6 Å². The Balaban J connectivity index is 0.00000341. The number of halogens is 1. The summed E-state index contributed by atoms with van der Waals surface area (Å²) in [5.74, 6) is 3.41. The van der Waals surface area contributed by atoms with Crippen LogP contribution in [-0.2, 0) is 26.7 Å². The zero-order chi connectivity index (χ0) is 21.5. The quantitative estimate of drug-likeness (QED) is 0.284. The molecule has 2 aromatic carbocycles. The summed E-state index contributed by atoms with van der Waals surface area (Å²) in [6, 6.07) is 16.4. The summed E-state index contributed by atoms with van der Waals surface area (Å²) in [5, 5.41) is 11.8. The third-order valence-corrected chi connectivity index (χ3v) is 5.19. The van der Waals surface area contributed by atoms with Gasteiger partial charge in [-0.05, 0) is 42.7 Å². The molecule has 0 amide bonds. The largest absolute Gasteiger partial charge is 0.497 e. The Morgan fingerprint density at radius 2 is 1.81 bits per heavy atom. The number of hydrogen-bond acceptors (Lipinski definition) is 4. The SMILES string of the molecule is COc1ccc(CN=C(NCc2nnc(C)n2C)N(C)Cc2ccccc2C)cc1.I. The van der Waals surface area contributed by atoms with Gasteiger partial charge < -0.3 is 19.5 Å². The van der Waals surface area contributed by atoms with Crippen LogP contribution in [0.2, 0.25) is 0 Å². The molecule has 0 aliphatic carbocycles. The molecule has 0 saturated carbocycles. The van der Waals surface area contributed by atoms with Crippen molar-refractivity contribution in [3.8, 4) is 5.75 Å². The predicted molar refractivity (Wildman–Crippen MR) is 135 cm³/mol. The number of ether oxygens (including phenoxy) is 1. The van der Waals surface area contributed by atoms with E-state index in [4.69, 9.17) is 9.73 Å². The van der Waals surface area contributed by atoms with Gasteiger partial charge in [0.1, 0.15) is 11.6 Å². The number of guanidine groups is 1. The number of nitrogens with zero attached hydrogens (tertiary/aromatic N) is 5. The second kappa shape index (κ2) is 11.7. The van der Waals surface area contributed by atoms with Crippen LogP contribution in [0.3, 0.4) is 0 Å². The summed E-state index contributed by atoms with van der Waals surface area (Å²) >= 11 is 0. The van der Waals surface area contributed by atoms with Crippen LogP contribution in [0.1, 0.15) is 28.3 Å². The minimum Gasteiger partial charge on any atom is -0.497 e. The average molecular weight is 534 g/mol.